The lowest BCUT2D eigenvalue weighted by atomic mass is 9.85. The number of benzene rings is 1. The normalized spacial score (nSPS) is 19.3. The van der Waals surface area contributed by atoms with Crippen LogP contribution in [-0.4, -0.2) is 64.1 Å². The van der Waals surface area contributed by atoms with Gasteiger partial charge in [0.15, 0.2) is 0 Å². The molecule has 10 nitrogen and oxygen atoms in total. The molecule has 14 heteroatoms. The van der Waals surface area contributed by atoms with Crippen LogP contribution in [0.15, 0.2) is 35.4 Å². The number of likely N-dealkylation sites (tertiary alicyclic amines) is 1. The van der Waals surface area contributed by atoms with Gasteiger partial charge in [-0.1, -0.05) is 18.2 Å². The van der Waals surface area contributed by atoms with Gasteiger partial charge in [0.05, 0.1) is 28.5 Å². The first-order valence-corrected chi connectivity index (χ1v) is 15.2. The van der Waals surface area contributed by atoms with Crippen molar-refractivity contribution >= 4 is 32.8 Å². The molecule has 2 fully saturated rings. The van der Waals surface area contributed by atoms with Crippen molar-refractivity contribution in [2.75, 3.05) is 29.9 Å². The Kier molecular flexibility index (Phi) is 7.70. The van der Waals surface area contributed by atoms with Crippen molar-refractivity contribution in [3.8, 4) is 0 Å². The van der Waals surface area contributed by atoms with Gasteiger partial charge in [-0.25, -0.2) is 36.4 Å². The van der Waals surface area contributed by atoms with Crippen LogP contribution in [0.1, 0.15) is 61.3 Å². The number of nitrogens with one attached hydrogen (secondary N) is 2. The first-order valence-electron chi connectivity index (χ1n) is 13.4. The summed E-state index contributed by atoms with van der Waals surface area (Å²) < 4.78 is 70.4. The van der Waals surface area contributed by atoms with Gasteiger partial charge in [0, 0.05) is 30.1 Å². The maximum absolute atomic E-state index is 15.7. The second kappa shape index (κ2) is 11.0. The predicted molar refractivity (Wildman–Crippen MR) is 145 cm³/mol. The lowest BCUT2D eigenvalue weighted by Crippen LogP contribution is -2.42. The number of aromatic nitrogens is 3. The van der Waals surface area contributed by atoms with Crippen LogP contribution in [0, 0.1) is 11.7 Å². The van der Waals surface area contributed by atoms with Gasteiger partial charge >= 0.3 is 6.09 Å². The highest BCUT2D eigenvalue weighted by Gasteiger charge is 2.45. The number of piperidine rings is 1. The quantitative estimate of drug-likeness (QED) is 0.381. The molecule has 2 aliphatic heterocycles. The van der Waals surface area contributed by atoms with Crippen LogP contribution in [0.5, 0.6) is 0 Å². The fraction of sp³-hybridized carbons (Fsp3) is 0.481. The van der Waals surface area contributed by atoms with Gasteiger partial charge in [0.25, 0.3) is 11.5 Å². The molecule has 0 saturated carbocycles. The van der Waals surface area contributed by atoms with E-state index in [1.165, 1.54) is 18.5 Å². The predicted octanol–water partition coefficient (Wildman–Crippen LogP) is 4.40. The minimum atomic E-state index is -3.51. The molecule has 220 valence electrons. The molecular weight excluding hydrogens is 563 g/mol. The number of pyridine rings is 1. The average molecular weight is 594 g/mol. The van der Waals surface area contributed by atoms with E-state index in [0.717, 1.165) is 11.0 Å². The second-order valence-corrected chi connectivity index (χ2v) is 13.0. The molecule has 1 unspecified atom stereocenters. The highest BCUT2D eigenvalue weighted by atomic mass is 32.2. The number of nitrogens with zero attached hydrogens (tertiary/aromatic N) is 3. The summed E-state index contributed by atoms with van der Waals surface area (Å²) >= 11 is 0. The summed E-state index contributed by atoms with van der Waals surface area (Å²) in [6.07, 6.45) is 0.496. The summed E-state index contributed by atoms with van der Waals surface area (Å²) in [6, 6.07) is 4.61. The number of alkyl halides is 2. The topological polar surface area (TPSA) is 145 Å². The van der Waals surface area contributed by atoms with Crippen molar-refractivity contribution in [2.45, 2.75) is 50.5 Å². The first kappa shape index (κ1) is 28.8. The van der Waals surface area contributed by atoms with E-state index < -0.39 is 45.2 Å². The van der Waals surface area contributed by atoms with Crippen molar-refractivity contribution in [2.24, 2.45) is 5.92 Å². The van der Waals surface area contributed by atoms with E-state index >= 15 is 13.2 Å². The Hall–Kier alpha value is -3.68. The minimum absolute atomic E-state index is 0.0124. The number of amides is 1. The molecule has 2 aliphatic rings. The zero-order valence-corrected chi connectivity index (χ0v) is 23.1. The van der Waals surface area contributed by atoms with Crippen LogP contribution >= 0.6 is 0 Å². The Morgan fingerprint density at radius 3 is 2.51 bits per heavy atom. The monoisotopic (exact) mass is 593 g/mol. The van der Waals surface area contributed by atoms with E-state index in [-0.39, 0.29) is 65.9 Å². The zero-order valence-electron chi connectivity index (χ0n) is 22.2. The van der Waals surface area contributed by atoms with Gasteiger partial charge in [-0.3, -0.25) is 4.79 Å². The maximum Gasteiger partial charge on any atom is 0.407 e. The highest BCUT2D eigenvalue weighted by Crippen LogP contribution is 2.43. The van der Waals surface area contributed by atoms with E-state index in [2.05, 4.69) is 20.3 Å². The number of hydrogen-bond donors (Lipinski definition) is 3. The molecule has 0 aliphatic carbocycles. The van der Waals surface area contributed by atoms with Crippen LogP contribution in [0.3, 0.4) is 0 Å². The highest BCUT2D eigenvalue weighted by molar-refractivity contribution is 7.91. The standard InChI is InChI=1S/C27H30F3N5O5S/c1-15(18-3-2-4-21(22(18)28)27(29,30)17-5-9-35(10-6-17)26(37)38)33-23-20-13-19(16-7-11-41(39,40)12-8-16)25(36)34-24(20)32-14-31-23/h2-4,13-17H,5-12H2,1H3,(H,37,38)(H2,31,32,33,34,36). The zero-order chi connectivity index (χ0) is 29.5. The number of halogens is 3. The van der Waals surface area contributed by atoms with Gasteiger partial charge in [-0.2, -0.15) is 0 Å². The summed E-state index contributed by atoms with van der Waals surface area (Å²) in [7, 11) is -3.13. The van der Waals surface area contributed by atoms with Crippen molar-refractivity contribution in [3.05, 3.63) is 63.5 Å². The summed E-state index contributed by atoms with van der Waals surface area (Å²) in [4.78, 5) is 36.1. The van der Waals surface area contributed by atoms with Crippen LogP contribution in [0.4, 0.5) is 23.8 Å². The molecule has 2 saturated heterocycles. The number of rotatable bonds is 6. The van der Waals surface area contributed by atoms with Gasteiger partial charge in [0.2, 0.25) is 0 Å². The summed E-state index contributed by atoms with van der Waals surface area (Å²) in [6.45, 7) is 1.50. The van der Waals surface area contributed by atoms with E-state index in [0.29, 0.717) is 23.8 Å². The van der Waals surface area contributed by atoms with Crippen LogP contribution in [0.2, 0.25) is 0 Å². The molecule has 0 radical (unpaired) electrons. The number of H-pyrrole nitrogens is 1. The smallest absolute Gasteiger partial charge is 0.407 e. The summed E-state index contributed by atoms with van der Waals surface area (Å²) in [5.41, 5.74) is -0.516. The molecular formula is C27H30F3N5O5S. The van der Waals surface area contributed by atoms with Gasteiger partial charge in [-0.05, 0) is 44.6 Å². The number of aromatic amines is 1. The Morgan fingerprint density at radius 1 is 1.17 bits per heavy atom. The number of hydrogen-bond acceptors (Lipinski definition) is 7. The van der Waals surface area contributed by atoms with E-state index in [4.69, 9.17) is 5.11 Å². The molecule has 1 amide bonds. The summed E-state index contributed by atoms with van der Waals surface area (Å²) in [5.74, 6) is -5.82. The molecule has 5 rings (SSSR count). The number of fused-ring (bicyclic) bond motifs is 1. The van der Waals surface area contributed by atoms with Crippen molar-refractivity contribution < 1.29 is 31.5 Å². The van der Waals surface area contributed by atoms with Crippen molar-refractivity contribution in [1.82, 2.24) is 19.9 Å². The molecule has 2 aromatic heterocycles. The van der Waals surface area contributed by atoms with E-state index in [9.17, 15) is 18.0 Å². The lowest BCUT2D eigenvalue weighted by molar-refractivity contribution is -0.0861. The number of sulfone groups is 1. The largest absolute Gasteiger partial charge is 0.465 e. The van der Waals surface area contributed by atoms with Gasteiger partial charge in [-0.15, -0.1) is 0 Å². The van der Waals surface area contributed by atoms with E-state index in [1.54, 1.807) is 13.0 Å². The van der Waals surface area contributed by atoms with Crippen LogP contribution in [0.25, 0.3) is 11.0 Å². The van der Waals surface area contributed by atoms with Gasteiger partial charge < -0.3 is 20.3 Å². The second-order valence-electron chi connectivity index (χ2n) is 10.7. The van der Waals surface area contributed by atoms with Crippen molar-refractivity contribution in [1.29, 1.82) is 0 Å². The molecule has 4 heterocycles. The molecule has 0 bridgehead atoms. The molecule has 41 heavy (non-hydrogen) atoms. The third kappa shape index (κ3) is 5.74. The molecule has 1 aromatic carbocycles. The summed E-state index contributed by atoms with van der Waals surface area (Å²) in [5, 5.41) is 12.6. The fourth-order valence-corrected chi connectivity index (χ4v) is 7.22. The average Bonchev–Trinajstić information content (AvgIpc) is 2.93. The number of carbonyl (C=O) groups is 1. The third-order valence-electron chi connectivity index (χ3n) is 8.16. The maximum atomic E-state index is 15.7. The number of carboxylic acid groups (broad SMARTS) is 1. The molecule has 1 atom stereocenters. The van der Waals surface area contributed by atoms with Crippen LogP contribution < -0.4 is 10.9 Å². The lowest BCUT2D eigenvalue weighted by Gasteiger charge is -2.35. The Morgan fingerprint density at radius 2 is 1.85 bits per heavy atom. The molecule has 3 aromatic rings. The Balaban J connectivity index is 1.41. The van der Waals surface area contributed by atoms with Crippen LogP contribution in [-0.2, 0) is 15.8 Å². The number of anilines is 1. The SMILES string of the molecule is CC(Nc1ncnc2[nH]c(=O)c(C3CCS(=O)(=O)CC3)cc12)c1cccc(C(F)(F)C2CCN(C(=O)O)CC2)c1F. The Bertz CT molecular complexity index is 1630. The van der Waals surface area contributed by atoms with Gasteiger partial charge in [0.1, 0.15) is 33.4 Å². The first-order chi connectivity index (χ1) is 19.4. The minimum Gasteiger partial charge on any atom is -0.465 e. The van der Waals surface area contributed by atoms with Crippen molar-refractivity contribution in [3.63, 3.8) is 0 Å². The fourth-order valence-electron chi connectivity index (χ4n) is 5.73. The Labute approximate surface area is 233 Å². The van der Waals surface area contributed by atoms with E-state index in [1.807, 2.05) is 0 Å². The third-order valence-corrected chi connectivity index (χ3v) is 9.87. The molecule has 0 spiro atoms. The molecule has 3 N–H and O–H groups in total.